The number of hydrogen-bond donors (Lipinski definition) is 0. The van der Waals surface area contributed by atoms with Crippen LogP contribution in [-0.2, 0) is 23.7 Å². The number of benzene rings is 3. The van der Waals surface area contributed by atoms with E-state index in [0.29, 0.717) is 5.88 Å². The summed E-state index contributed by atoms with van der Waals surface area (Å²) in [6.07, 6.45) is 0. The zero-order valence-corrected chi connectivity index (χ0v) is 14.8. The van der Waals surface area contributed by atoms with Gasteiger partial charge in [-0.3, -0.25) is 4.21 Å². The van der Waals surface area contributed by atoms with E-state index in [9.17, 15) is 4.21 Å². The molecule has 0 spiro atoms. The highest BCUT2D eigenvalue weighted by atomic mass is 32.2. The van der Waals surface area contributed by atoms with Crippen LogP contribution in [0.5, 0.6) is 0 Å². The number of rotatable bonds is 4. The van der Waals surface area contributed by atoms with E-state index in [0.717, 1.165) is 27.3 Å². The molecule has 1 heterocycles. The normalized spacial score (nSPS) is 12.4. The van der Waals surface area contributed by atoms with E-state index in [1.807, 2.05) is 60.7 Å². The molecule has 1 aromatic heterocycles. The van der Waals surface area contributed by atoms with Crippen molar-refractivity contribution < 1.29 is 8.78 Å². The second-order valence-electron chi connectivity index (χ2n) is 5.95. The third-order valence-corrected chi connectivity index (χ3v) is 5.68. The molecule has 4 aromatic rings. The summed E-state index contributed by atoms with van der Waals surface area (Å²) in [6.45, 7) is 0. The SMILES string of the molecule is C[n+]1c(-c2ccccc2)n(CS(=O)c2ccccc2)c2ccccc21. The Morgan fingerprint density at radius 2 is 1.44 bits per heavy atom. The molecular weight excluding hydrogens is 328 g/mol. The molecule has 4 rings (SSSR count). The Morgan fingerprint density at radius 3 is 2.16 bits per heavy atom. The topological polar surface area (TPSA) is 25.9 Å². The summed E-state index contributed by atoms with van der Waals surface area (Å²) in [7, 11) is 0.951. The van der Waals surface area contributed by atoms with Crippen LogP contribution >= 0.6 is 0 Å². The maximum Gasteiger partial charge on any atom is 0.290 e. The number of aryl methyl sites for hydroxylation is 1. The van der Waals surface area contributed by atoms with Gasteiger partial charge in [0.25, 0.3) is 5.82 Å². The van der Waals surface area contributed by atoms with Crippen molar-refractivity contribution in [1.82, 2.24) is 4.57 Å². The van der Waals surface area contributed by atoms with Gasteiger partial charge in [0.2, 0.25) is 0 Å². The van der Waals surface area contributed by atoms with Crippen LogP contribution in [0, 0.1) is 0 Å². The Morgan fingerprint density at radius 1 is 0.840 bits per heavy atom. The molecule has 0 fully saturated rings. The molecule has 0 saturated heterocycles. The molecule has 0 N–H and O–H groups in total. The van der Waals surface area contributed by atoms with Gasteiger partial charge in [0.1, 0.15) is 0 Å². The predicted octanol–water partition coefficient (Wildman–Crippen LogP) is 3.90. The second kappa shape index (κ2) is 6.65. The van der Waals surface area contributed by atoms with E-state index in [-0.39, 0.29) is 0 Å². The van der Waals surface area contributed by atoms with E-state index < -0.39 is 10.8 Å². The zero-order valence-electron chi connectivity index (χ0n) is 14.0. The Hall–Kier alpha value is -2.72. The Labute approximate surface area is 149 Å². The molecule has 0 radical (unpaired) electrons. The smallest absolute Gasteiger partial charge is 0.250 e. The van der Waals surface area contributed by atoms with Crippen LogP contribution in [0.1, 0.15) is 0 Å². The predicted molar refractivity (Wildman–Crippen MR) is 101 cm³/mol. The van der Waals surface area contributed by atoms with Crippen molar-refractivity contribution in [3.8, 4) is 11.4 Å². The van der Waals surface area contributed by atoms with Crippen molar-refractivity contribution >= 4 is 21.8 Å². The molecule has 25 heavy (non-hydrogen) atoms. The van der Waals surface area contributed by atoms with E-state index in [4.69, 9.17) is 0 Å². The summed E-state index contributed by atoms with van der Waals surface area (Å²) < 4.78 is 17.3. The van der Waals surface area contributed by atoms with Crippen LogP contribution < -0.4 is 4.57 Å². The van der Waals surface area contributed by atoms with E-state index in [1.54, 1.807) is 0 Å². The molecule has 3 nitrogen and oxygen atoms in total. The first-order chi connectivity index (χ1) is 12.3. The molecule has 124 valence electrons. The number of fused-ring (bicyclic) bond motifs is 1. The molecule has 0 aliphatic rings. The van der Waals surface area contributed by atoms with Crippen LogP contribution in [0.3, 0.4) is 0 Å². The van der Waals surface area contributed by atoms with Crippen molar-refractivity contribution in [2.24, 2.45) is 7.05 Å². The lowest BCUT2D eigenvalue weighted by atomic mass is 10.2. The highest BCUT2D eigenvalue weighted by Gasteiger charge is 2.25. The third-order valence-electron chi connectivity index (χ3n) is 4.39. The fourth-order valence-corrected chi connectivity index (χ4v) is 4.32. The standard InChI is InChI=1S/C21H19N2OS/c1-22-19-14-8-9-15-20(19)23(21(22)17-10-4-2-5-11-17)16-25(24)18-12-6-3-7-13-18/h2-15H,16H2,1H3/q+1. The number of nitrogens with zero attached hydrogens (tertiary/aromatic N) is 2. The number of imidazole rings is 1. The monoisotopic (exact) mass is 347 g/mol. The van der Waals surface area contributed by atoms with Gasteiger partial charge in [-0.05, 0) is 36.4 Å². The Kier molecular flexibility index (Phi) is 4.20. The van der Waals surface area contributed by atoms with E-state index >= 15 is 0 Å². The zero-order chi connectivity index (χ0) is 17.2. The molecule has 4 heteroatoms. The first-order valence-electron chi connectivity index (χ1n) is 8.22. The molecule has 0 bridgehead atoms. The van der Waals surface area contributed by atoms with Crippen molar-refractivity contribution in [2.45, 2.75) is 10.8 Å². The van der Waals surface area contributed by atoms with Crippen molar-refractivity contribution in [2.75, 3.05) is 0 Å². The minimum atomic E-state index is -1.11. The van der Waals surface area contributed by atoms with E-state index in [1.165, 1.54) is 0 Å². The van der Waals surface area contributed by atoms with Gasteiger partial charge in [-0.2, -0.15) is 0 Å². The Bertz CT molecular complexity index is 1040. The molecular formula is C21H19N2OS+. The van der Waals surface area contributed by atoms with Gasteiger partial charge in [0.05, 0.1) is 23.4 Å². The molecule has 1 unspecified atom stereocenters. The molecule has 0 aliphatic heterocycles. The average molecular weight is 347 g/mol. The number of para-hydroxylation sites is 2. The molecule has 3 aromatic carbocycles. The number of hydrogen-bond acceptors (Lipinski definition) is 1. The van der Waals surface area contributed by atoms with Crippen molar-refractivity contribution in [3.63, 3.8) is 0 Å². The summed E-state index contributed by atoms with van der Waals surface area (Å²) in [5, 5.41) is 0. The summed E-state index contributed by atoms with van der Waals surface area (Å²) in [5.74, 6) is 1.49. The van der Waals surface area contributed by atoms with Gasteiger partial charge >= 0.3 is 0 Å². The summed E-state index contributed by atoms with van der Waals surface area (Å²) in [5.41, 5.74) is 3.34. The lowest BCUT2D eigenvalue weighted by Gasteiger charge is -2.04. The average Bonchev–Trinajstić information content (AvgIpc) is 2.95. The van der Waals surface area contributed by atoms with Gasteiger partial charge in [-0.15, -0.1) is 0 Å². The van der Waals surface area contributed by atoms with Crippen LogP contribution in [0.25, 0.3) is 22.4 Å². The van der Waals surface area contributed by atoms with Crippen LogP contribution in [0.4, 0.5) is 0 Å². The lowest BCUT2D eigenvalue weighted by Crippen LogP contribution is -2.30. The van der Waals surface area contributed by atoms with E-state index in [2.05, 4.69) is 40.4 Å². The molecule has 0 amide bonds. The second-order valence-corrected chi connectivity index (χ2v) is 7.37. The molecule has 0 aliphatic carbocycles. The minimum Gasteiger partial charge on any atom is -0.250 e. The highest BCUT2D eigenvalue weighted by molar-refractivity contribution is 7.84. The van der Waals surface area contributed by atoms with Crippen LogP contribution in [0.2, 0.25) is 0 Å². The van der Waals surface area contributed by atoms with Gasteiger partial charge in [-0.1, -0.05) is 48.5 Å². The van der Waals surface area contributed by atoms with Crippen LogP contribution in [0.15, 0.2) is 89.8 Å². The number of aromatic nitrogens is 2. The highest BCUT2D eigenvalue weighted by Crippen LogP contribution is 2.24. The summed E-state index contributed by atoms with van der Waals surface area (Å²) in [4.78, 5) is 0.849. The van der Waals surface area contributed by atoms with Gasteiger partial charge in [0, 0.05) is 4.90 Å². The van der Waals surface area contributed by atoms with Crippen molar-refractivity contribution in [3.05, 3.63) is 84.9 Å². The van der Waals surface area contributed by atoms with Gasteiger partial charge < -0.3 is 0 Å². The summed E-state index contributed by atoms with van der Waals surface area (Å²) >= 11 is 0. The molecule has 0 saturated carbocycles. The first-order valence-corrected chi connectivity index (χ1v) is 9.53. The third kappa shape index (κ3) is 2.89. The molecule has 1 atom stereocenters. The Balaban J connectivity index is 1.89. The minimum absolute atomic E-state index is 0.426. The van der Waals surface area contributed by atoms with Crippen LogP contribution in [-0.4, -0.2) is 8.78 Å². The lowest BCUT2D eigenvalue weighted by molar-refractivity contribution is -0.634. The largest absolute Gasteiger partial charge is 0.290 e. The fourth-order valence-electron chi connectivity index (χ4n) is 3.22. The maximum absolute atomic E-state index is 12.9. The fraction of sp³-hybridized carbons (Fsp3) is 0.0952. The van der Waals surface area contributed by atoms with Gasteiger partial charge in [0.15, 0.2) is 16.9 Å². The maximum atomic E-state index is 12.9. The van der Waals surface area contributed by atoms with Gasteiger partial charge in [-0.25, -0.2) is 9.13 Å². The quantitative estimate of drug-likeness (QED) is 0.514. The van der Waals surface area contributed by atoms with Crippen molar-refractivity contribution in [1.29, 1.82) is 0 Å². The summed E-state index contributed by atoms with van der Waals surface area (Å²) in [6, 6.07) is 28.2. The first kappa shape index (κ1) is 15.8.